The Hall–Kier alpha value is -1.13. The maximum absolute atomic E-state index is 9.97. The number of hydrogen-bond donors (Lipinski definition) is 1. The van der Waals surface area contributed by atoms with Crippen LogP contribution in [0.25, 0.3) is 0 Å². The predicted octanol–water partition coefficient (Wildman–Crippen LogP) is 0.374. The van der Waals surface area contributed by atoms with E-state index in [9.17, 15) is 14.9 Å². The fraction of sp³-hybridized carbons (Fsp3) is 0.800. The second kappa shape index (κ2) is 3.81. The number of nitro groups is 1. The standard InChI is InChI=1S/C5H9NO4/c1-4(2-5(7)8)3-6(9)10/h4H,2-3H2,1H3,(H,7,8). The van der Waals surface area contributed by atoms with Crippen LogP contribution in [0.1, 0.15) is 13.3 Å². The summed E-state index contributed by atoms with van der Waals surface area (Å²) in [7, 11) is 0. The van der Waals surface area contributed by atoms with E-state index >= 15 is 0 Å². The van der Waals surface area contributed by atoms with E-state index < -0.39 is 10.9 Å². The first-order chi connectivity index (χ1) is 4.52. The molecule has 1 atom stereocenters. The van der Waals surface area contributed by atoms with Crippen LogP contribution in [-0.4, -0.2) is 22.5 Å². The van der Waals surface area contributed by atoms with Gasteiger partial charge in [0.2, 0.25) is 6.54 Å². The van der Waals surface area contributed by atoms with Gasteiger partial charge in [-0.25, -0.2) is 0 Å². The Kier molecular flexibility index (Phi) is 3.38. The van der Waals surface area contributed by atoms with Crippen LogP contribution in [0.15, 0.2) is 0 Å². The molecule has 0 saturated heterocycles. The molecule has 5 heteroatoms. The molecular weight excluding hydrogens is 138 g/mol. The Morgan fingerprint density at radius 1 is 1.80 bits per heavy atom. The molecule has 0 radical (unpaired) electrons. The Bertz CT molecular complexity index is 129. The van der Waals surface area contributed by atoms with E-state index in [1.54, 1.807) is 0 Å². The summed E-state index contributed by atoms with van der Waals surface area (Å²) in [6, 6.07) is 0. The van der Waals surface area contributed by atoms with Crippen molar-refractivity contribution in [3.63, 3.8) is 0 Å². The van der Waals surface area contributed by atoms with Crippen LogP contribution >= 0.6 is 0 Å². The van der Waals surface area contributed by atoms with Gasteiger partial charge < -0.3 is 5.11 Å². The van der Waals surface area contributed by atoms with Crippen molar-refractivity contribution in [1.82, 2.24) is 0 Å². The average Bonchev–Trinajstić information content (AvgIpc) is 1.58. The molecular formula is C5H9NO4. The minimum atomic E-state index is -0.991. The number of carbonyl (C=O) groups is 1. The summed E-state index contributed by atoms with van der Waals surface area (Å²) in [5.74, 6) is -1.37. The molecule has 1 N–H and O–H groups in total. The lowest BCUT2D eigenvalue weighted by molar-refractivity contribution is -0.487. The summed E-state index contributed by atoms with van der Waals surface area (Å²) in [4.78, 5) is 19.3. The summed E-state index contributed by atoms with van der Waals surface area (Å²) >= 11 is 0. The first kappa shape index (κ1) is 8.87. The number of aliphatic carboxylic acids is 1. The molecule has 1 unspecified atom stereocenters. The summed E-state index contributed by atoms with van der Waals surface area (Å²) in [5, 5.41) is 18.0. The topological polar surface area (TPSA) is 80.4 Å². The molecule has 0 aliphatic carbocycles. The number of nitrogens with zero attached hydrogens (tertiary/aromatic N) is 1. The van der Waals surface area contributed by atoms with Gasteiger partial charge in [-0.3, -0.25) is 14.9 Å². The zero-order valence-corrected chi connectivity index (χ0v) is 5.61. The average molecular weight is 147 g/mol. The molecule has 0 bridgehead atoms. The molecule has 0 aromatic heterocycles. The molecule has 0 aromatic carbocycles. The molecule has 58 valence electrons. The molecule has 0 aromatic rings. The number of carboxylic acid groups (broad SMARTS) is 1. The smallest absolute Gasteiger partial charge is 0.303 e. The van der Waals surface area contributed by atoms with Crippen molar-refractivity contribution in [2.75, 3.05) is 6.54 Å². The molecule has 0 rings (SSSR count). The summed E-state index contributed by atoms with van der Waals surface area (Å²) < 4.78 is 0. The molecule has 0 spiro atoms. The molecule has 0 fully saturated rings. The van der Waals surface area contributed by atoms with Gasteiger partial charge in [0.25, 0.3) is 0 Å². The van der Waals surface area contributed by atoms with Gasteiger partial charge in [-0.1, -0.05) is 6.92 Å². The van der Waals surface area contributed by atoms with Crippen LogP contribution in [0.3, 0.4) is 0 Å². The number of carboxylic acids is 1. The molecule has 0 saturated carbocycles. The summed E-state index contributed by atoms with van der Waals surface area (Å²) in [6.45, 7) is 1.27. The van der Waals surface area contributed by atoms with Crippen molar-refractivity contribution in [1.29, 1.82) is 0 Å². The fourth-order valence-corrected chi connectivity index (χ4v) is 0.617. The monoisotopic (exact) mass is 147 g/mol. The van der Waals surface area contributed by atoms with E-state index in [2.05, 4.69) is 0 Å². The highest BCUT2D eigenvalue weighted by atomic mass is 16.6. The SMILES string of the molecule is CC(CC(=O)O)C[N+](=O)[O-]. The van der Waals surface area contributed by atoms with Crippen molar-refractivity contribution in [3.05, 3.63) is 10.1 Å². The Morgan fingerprint density at radius 2 is 2.30 bits per heavy atom. The lowest BCUT2D eigenvalue weighted by Gasteiger charge is -2.00. The molecule has 10 heavy (non-hydrogen) atoms. The van der Waals surface area contributed by atoms with Gasteiger partial charge in [0.05, 0.1) is 6.42 Å². The van der Waals surface area contributed by atoms with Crippen LogP contribution < -0.4 is 0 Å². The van der Waals surface area contributed by atoms with E-state index in [-0.39, 0.29) is 18.9 Å². The van der Waals surface area contributed by atoms with Gasteiger partial charge in [0.1, 0.15) is 0 Å². The largest absolute Gasteiger partial charge is 0.481 e. The van der Waals surface area contributed by atoms with Crippen LogP contribution in [0.4, 0.5) is 0 Å². The van der Waals surface area contributed by atoms with Crippen molar-refractivity contribution in [3.8, 4) is 0 Å². The highest BCUT2D eigenvalue weighted by molar-refractivity contribution is 5.66. The normalized spacial score (nSPS) is 12.5. The van der Waals surface area contributed by atoms with Gasteiger partial charge in [-0.2, -0.15) is 0 Å². The van der Waals surface area contributed by atoms with Crippen LogP contribution in [0, 0.1) is 16.0 Å². The van der Waals surface area contributed by atoms with Crippen molar-refractivity contribution < 1.29 is 14.8 Å². The zero-order chi connectivity index (χ0) is 8.15. The van der Waals surface area contributed by atoms with E-state index in [4.69, 9.17) is 5.11 Å². The Balaban J connectivity index is 3.53. The third kappa shape index (κ3) is 5.02. The summed E-state index contributed by atoms with van der Waals surface area (Å²) in [6.07, 6.45) is -0.138. The lowest BCUT2D eigenvalue weighted by Crippen LogP contribution is -2.14. The third-order valence-electron chi connectivity index (χ3n) is 0.984. The number of hydrogen-bond acceptors (Lipinski definition) is 3. The lowest BCUT2D eigenvalue weighted by atomic mass is 10.1. The van der Waals surface area contributed by atoms with Gasteiger partial charge in [0.15, 0.2) is 0 Å². The van der Waals surface area contributed by atoms with Gasteiger partial charge in [-0.15, -0.1) is 0 Å². The second-order valence-corrected chi connectivity index (χ2v) is 2.22. The third-order valence-corrected chi connectivity index (χ3v) is 0.984. The maximum atomic E-state index is 9.97. The highest BCUT2D eigenvalue weighted by Crippen LogP contribution is 2.00. The predicted molar refractivity (Wildman–Crippen MR) is 33.3 cm³/mol. The second-order valence-electron chi connectivity index (χ2n) is 2.22. The van der Waals surface area contributed by atoms with Crippen molar-refractivity contribution in [2.45, 2.75) is 13.3 Å². The van der Waals surface area contributed by atoms with E-state index in [1.807, 2.05) is 0 Å². The van der Waals surface area contributed by atoms with Crippen LogP contribution in [-0.2, 0) is 4.79 Å². The van der Waals surface area contributed by atoms with E-state index in [0.717, 1.165) is 0 Å². The summed E-state index contributed by atoms with van der Waals surface area (Å²) in [5.41, 5.74) is 0. The molecule has 0 aliphatic rings. The minimum absolute atomic E-state index is 0.138. The Morgan fingerprint density at radius 3 is 2.60 bits per heavy atom. The first-order valence-corrected chi connectivity index (χ1v) is 2.86. The first-order valence-electron chi connectivity index (χ1n) is 2.86. The molecule has 0 heterocycles. The molecule has 5 nitrogen and oxygen atoms in total. The highest BCUT2D eigenvalue weighted by Gasteiger charge is 2.12. The van der Waals surface area contributed by atoms with Gasteiger partial charge >= 0.3 is 5.97 Å². The van der Waals surface area contributed by atoms with E-state index in [0.29, 0.717) is 0 Å². The van der Waals surface area contributed by atoms with Crippen molar-refractivity contribution >= 4 is 5.97 Å². The van der Waals surface area contributed by atoms with Crippen LogP contribution in [0.2, 0.25) is 0 Å². The van der Waals surface area contributed by atoms with E-state index in [1.165, 1.54) is 6.92 Å². The molecule has 0 aliphatic heterocycles. The minimum Gasteiger partial charge on any atom is -0.481 e. The van der Waals surface area contributed by atoms with Crippen molar-refractivity contribution in [2.24, 2.45) is 5.92 Å². The van der Waals surface area contributed by atoms with Gasteiger partial charge in [-0.05, 0) is 0 Å². The zero-order valence-electron chi connectivity index (χ0n) is 5.61. The van der Waals surface area contributed by atoms with Crippen LogP contribution in [0.5, 0.6) is 0 Å². The maximum Gasteiger partial charge on any atom is 0.303 e. The fourth-order valence-electron chi connectivity index (χ4n) is 0.617. The molecule has 0 amide bonds. The van der Waals surface area contributed by atoms with Gasteiger partial charge in [0, 0.05) is 10.8 Å². The number of rotatable bonds is 4. The quantitative estimate of drug-likeness (QED) is 0.460. The Labute approximate surface area is 57.8 Å².